The summed E-state index contributed by atoms with van der Waals surface area (Å²) in [6.45, 7) is -0.367. The third-order valence-corrected chi connectivity index (χ3v) is 5.09. The van der Waals surface area contributed by atoms with Crippen molar-refractivity contribution in [3.63, 3.8) is 0 Å². The van der Waals surface area contributed by atoms with E-state index in [4.69, 9.17) is 9.84 Å². The lowest BCUT2D eigenvalue weighted by atomic mass is 9.98. The number of nitrogens with zero attached hydrogens (tertiary/aromatic N) is 2. The third kappa shape index (κ3) is 4.11. The van der Waals surface area contributed by atoms with E-state index in [0.717, 1.165) is 22.3 Å². The molecule has 3 aromatic rings. The van der Waals surface area contributed by atoms with Gasteiger partial charge < -0.3 is 15.2 Å². The largest absolute Gasteiger partial charge is 0.480 e. The molecule has 0 bridgehead atoms. The van der Waals surface area contributed by atoms with Crippen LogP contribution >= 0.6 is 0 Å². The van der Waals surface area contributed by atoms with E-state index in [0.29, 0.717) is 0 Å². The number of hydrogen-bond acceptors (Lipinski definition) is 5. The Morgan fingerprint density at radius 1 is 1.06 bits per heavy atom. The minimum atomic E-state index is -1.17. The quantitative estimate of drug-likeness (QED) is 0.563. The van der Waals surface area contributed by atoms with Crippen molar-refractivity contribution >= 4 is 23.8 Å². The molecule has 0 radical (unpaired) electrons. The molecule has 0 saturated carbocycles. The van der Waals surface area contributed by atoms with Crippen LogP contribution in [0.4, 0.5) is 10.6 Å². The number of ether oxygens (including phenoxy) is 1. The number of carbonyl (C=O) groups excluding carboxylic acids is 2. The Kier molecular flexibility index (Phi) is 5.40. The summed E-state index contributed by atoms with van der Waals surface area (Å²) in [5, 5.41) is 17.4. The van der Waals surface area contributed by atoms with Crippen LogP contribution in [0.5, 0.6) is 0 Å². The zero-order valence-electron chi connectivity index (χ0n) is 16.7. The van der Waals surface area contributed by atoms with Gasteiger partial charge in [0.2, 0.25) is 0 Å². The number of aryl methyl sites for hydroxylation is 1. The van der Waals surface area contributed by atoms with E-state index < -0.39 is 24.5 Å². The zero-order chi connectivity index (χ0) is 22.0. The first-order valence-electron chi connectivity index (χ1n) is 9.60. The van der Waals surface area contributed by atoms with Gasteiger partial charge in [-0.2, -0.15) is 5.10 Å². The summed E-state index contributed by atoms with van der Waals surface area (Å²) in [4.78, 5) is 34.9. The topological polar surface area (TPSA) is 123 Å². The molecular weight excluding hydrogens is 400 g/mol. The van der Waals surface area contributed by atoms with Gasteiger partial charge in [-0.05, 0) is 22.3 Å². The number of carboxylic acids is 1. The fourth-order valence-corrected chi connectivity index (χ4v) is 3.68. The van der Waals surface area contributed by atoms with Crippen LogP contribution in [0.15, 0.2) is 54.6 Å². The molecule has 9 nitrogen and oxygen atoms in total. The van der Waals surface area contributed by atoms with Crippen LogP contribution < -0.4 is 10.6 Å². The average molecular weight is 420 g/mol. The van der Waals surface area contributed by atoms with E-state index in [2.05, 4.69) is 27.9 Å². The van der Waals surface area contributed by atoms with Gasteiger partial charge in [-0.3, -0.25) is 19.6 Å². The highest BCUT2D eigenvalue weighted by atomic mass is 16.5. The van der Waals surface area contributed by atoms with Crippen LogP contribution in [-0.2, 0) is 16.6 Å². The van der Waals surface area contributed by atoms with Gasteiger partial charge >= 0.3 is 12.1 Å². The molecule has 1 aliphatic carbocycles. The number of aliphatic carboxylic acids is 1. The minimum absolute atomic E-state index is 0.0160. The fraction of sp³-hybridized carbons (Fsp3) is 0.182. The average Bonchev–Trinajstić information content (AvgIpc) is 3.28. The number of hydrogen-bond donors (Lipinski definition) is 3. The first-order valence-corrected chi connectivity index (χ1v) is 9.60. The second kappa shape index (κ2) is 8.31. The highest BCUT2D eigenvalue weighted by Gasteiger charge is 2.29. The Hall–Kier alpha value is -4.14. The first-order chi connectivity index (χ1) is 14.9. The second-order valence-corrected chi connectivity index (χ2v) is 7.07. The molecule has 0 unspecified atom stereocenters. The Morgan fingerprint density at radius 3 is 2.29 bits per heavy atom. The Balaban J connectivity index is 1.41. The summed E-state index contributed by atoms with van der Waals surface area (Å²) in [7, 11) is 1.55. The summed E-state index contributed by atoms with van der Waals surface area (Å²) in [6.07, 6.45) is -0.678. The van der Waals surface area contributed by atoms with E-state index in [-0.39, 0.29) is 24.0 Å². The lowest BCUT2D eigenvalue weighted by Crippen LogP contribution is -2.29. The summed E-state index contributed by atoms with van der Waals surface area (Å²) < 4.78 is 6.78. The Labute approximate surface area is 177 Å². The molecule has 0 fully saturated rings. The molecule has 158 valence electrons. The van der Waals surface area contributed by atoms with E-state index in [1.807, 2.05) is 36.4 Å². The number of aromatic nitrogens is 2. The van der Waals surface area contributed by atoms with Gasteiger partial charge in [0.1, 0.15) is 19.0 Å². The predicted octanol–water partition coefficient (Wildman–Crippen LogP) is 2.60. The number of amides is 2. The number of carboxylic acid groups (broad SMARTS) is 1. The van der Waals surface area contributed by atoms with E-state index in [1.165, 1.54) is 10.7 Å². The SMILES string of the molecule is Cn1nc(C(=O)NCC(=O)O)cc1NC(=O)OCC1c2ccccc2-c2ccccc21. The number of benzene rings is 2. The number of nitrogens with one attached hydrogen (secondary N) is 2. The van der Waals surface area contributed by atoms with Gasteiger partial charge in [-0.25, -0.2) is 4.79 Å². The molecule has 0 aliphatic heterocycles. The molecule has 2 amide bonds. The molecule has 1 heterocycles. The number of rotatable bonds is 6. The van der Waals surface area contributed by atoms with Crippen molar-refractivity contribution < 1.29 is 24.2 Å². The molecule has 0 saturated heterocycles. The molecule has 9 heteroatoms. The molecule has 4 rings (SSSR count). The van der Waals surface area contributed by atoms with Crippen LogP contribution in [0.1, 0.15) is 27.5 Å². The van der Waals surface area contributed by atoms with E-state index >= 15 is 0 Å². The van der Waals surface area contributed by atoms with E-state index in [9.17, 15) is 14.4 Å². The zero-order valence-corrected chi connectivity index (χ0v) is 16.7. The van der Waals surface area contributed by atoms with Crippen LogP contribution in [0.2, 0.25) is 0 Å². The monoisotopic (exact) mass is 420 g/mol. The van der Waals surface area contributed by atoms with Gasteiger partial charge in [0.25, 0.3) is 5.91 Å². The van der Waals surface area contributed by atoms with Crippen molar-refractivity contribution in [2.24, 2.45) is 7.05 Å². The molecule has 1 aliphatic rings. The van der Waals surface area contributed by atoms with Gasteiger partial charge in [-0.15, -0.1) is 0 Å². The maximum Gasteiger partial charge on any atom is 0.412 e. The van der Waals surface area contributed by atoms with Crippen molar-refractivity contribution in [1.29, 1.82) is 0 Å². The summed E-state index contributed by atoms with van der Waals surface area (Å²) in [6, 6.07) is 17.4. The smallest absolute Gasteiger partial charge is 0.412 e. The van der Waals surface area contributed by atoms with Crippen molar-refractivity contribution in [3.05, 3.63) is 71.4 Å². The standard InChI is InChI=1S/C22H20N4O5/c1-26-19(10-18(25-26)21(29)23-11-20(27)28)24-22(30)31-12-17-15-8-4-2-6-13(15)14-7-3-5-9-16(14)17/h2-10,17H,11-12H2,1H3,(H,23,29)(H,24,30)(H,27,28). The van der Waals surface area contributed by atoms with Crippen LogP contribution in [0.25, 0.3) is 11.1 Å². The highest BCUT2D eigenvalue weighted by molar-refractivity contribution is 5.95. The van der Waals surface area contributed by atoms with Crippen LogP contribution in [0, 0.1) is 0 Å². The summed E-state index contributed by atoms with van der Waals surface area (Å²) in [5.41, 5.74) is 4.47. The molecule has 3 N–H and O–H groups in total. The minimum Gasteiger partial charge on any atom is -0.480 e. The van der Waals surface area contributed by atoms with Crippen LogP contribution in [0.3, 0.4) is 0 Å². The third-order valence-electron chi connectivity index (χ3n) is 5.09. The maximum atomic E-state index is 12.4. The highest BCUT2D eigenvalue weighted by Crippen LogP contribution is 2.44. The molecular formula is C22H20N4O5. The van der Waals surface area contributed by atoms with Gasteiger partial charge in [0, 0.05) is 19.0 Å². The fourth-order valence-electron chi connectivity index (χ4n) is 3.68. The number of carbonyl (C=O) groups is 3. The number of anilines is 1. The lowest BCUT2D eigenvalue weighted by Gasteiger charge is -2.14. The van der Waals surface area contributed by atoms with Gasteiger partial charge in [0.05, 0.1) is 0 Å². The molecule has 2 aromatic carbocycles. The van der Waals surface area contributed by atoms with Crippen molar-refractivity contribution in [3.8, 4) is 11.1 Å². The van der Waals surface area contributed by atoms with Crippen molar-refractivity contribution in [2.45, 2.75) is 5.92 Å². The molecule has 0 atom stereocenters. The van der Waals surface area contributed by atoms with Gasteiger partial charge in [0.15, 0.2) is 5.69 Å². The van der Waals surface area contributed by atoms with Gasteiger partial charge in [-0.1, -0.05) is 48.5 Å². The van der Waals surface area contributed by atoms with Crippen LogP contribution in [-0.4, -0.2) is 46.0 Å². The van der Waals surface area contributed by atoms with Crippen molar-refractivity contribution in [1.82, 2.24) is 15.1 Å². The Bertz CT molecular complexity index is 1120. The molecule has 31 heavy (non-hydrogen) atoms. The molecule has 0 spiro atoms. The first kappa shape index (κ1) is 20.1. The normalized spacial score (nSPS) is 12.0. The Morgan fingerprint density at radius 2 is 1.68 bits per heavy atom. The maximum absolute atomic E-state index is 12.4. The van der Waals surface area contributed by atoms with E-state index in [1.54, 1.807) is 7.05 Å². The predicted molar refractivity (Wildman–Crippen MR) is 112 cm³/mol. The summed E-state index contributed by atoms with van der Waals surface area (Å²) in [5.74, 6) is -1.64. The number of fused-ring (bicyclic) bond motifs is 3. The second-order valence-electron chi connectivity index (χ2n) is 7.07. The lowest BCUT2D eigenvalue weighted by molar-refractivity contribution is -0.135. The summed E-state index contributed by atoms with van der Waals surface area (Å²) >= 11 is 0. The van der Waals surface area contributed by atoms with Crippen molar-refractivity contribution in [2.75, 3.05) is 18.5 Å². The molecule has 1 aromatic heterocycles.